The van der Waals surface area contributed by atoms with Crippen LogP contribution < -0.4 is 10.1 Å². The molecule has 132 valence electrons. The Morgan fingerprint density at radius 2 is 2.08 bits per heavy atom. The Labute approximate surface area is 144 Å². The third kappa shape index (κ3) is 4.71. The Balaban J connectivity index is 1.32. The summed E-state index contributed by atoms with van der Waals surface area (Å²) in [7, 11) is 0. The summed E-state index contributed by atoms with van der Waals surface area (Å²) in [6.07, 6.45) is 4.46. The van der Waals surface area contributed by atoms with E-state index in [2.05, 4.69) is 17.1 Å². The van der Waals surface area contributed by atoms with E-state index in [-0.39, 0.29) is 12.0 Å². The maximum atomic E-state index is 12.2. The molecule has 2 heterocycles. The van der Waals surface area contributed by atoms with Gasteiger partial charge in [0.25, 0.3) is 5.91 Å². The van der Waals surface area contributed by atoms with E-state index in [9.17, 15) is 4.79 Å². The normalized spacial score (nSPS) is 20.5. The molecule has 0 spiro atoms. The number of nitrogens with one attached hydrogen (secondary N) is 1. The predicted octanol–water partition coefficient (Wildman–Crippen LogP) is 2.24. The molecule has 0 radical (unpaired) electrons. The van der Waals surface area contributed by atoms with E-state index in [1.807, 2.05) is 18.2 Å². The van der Waals surface area contributed by atoms with Gasteiger partial charge < -0.3 is 14.8 Å². The second-order valence-corrected chi connectivity index (χ2v) is 6.73. The smallest absolute Gasteiger partial charge is 0.251 e. The van der Waals surface area contributed by atoms with Crippen molar-refractivity contribution >= 4 is 5.91 Å². The van der Waals surface area contributed by atoms with E-state index in [0.717, 1.165) is 75.5 Å². The topological polar surface area (TPSA) is 50.8 Å². The Bertz CT molecular complexity index is 556. The van der Waals surface area contributed by atoms with Crippen molar-refractivity contribution in [3.8, 4) is 5.75 Å². The van der Waals surface area contributed by atoms with Crippen LogP contribution >= 0.6 is 0 Å². The highest BCUT2D eigenvalue weighted by molar-refractivity contribution is 5.94. The first-order valence-electron chi connectivity index (χ1n) is 9.10. The molecular weight excluding hydrogens is 304 g/mol. The molecule has 24 heavy (non-hydrogen) atoms. The number of morpholine rings is 1. The van der Waals surface area contributed by atoms with Gasteiger partial charge in [0.05, 0.1) is 13.2 Å². The Morgan fingerprint density at radius 1 is 1.25 bits per heavy atom. The standard InChI is InChI=1S/C19H28N2O3/c1-15-13-17-14-16(5-6-18(17)24-15)19(22)20-7-3-2-4-8-21-9-11-23-12-10-21/h5-6,14-15H,2-4,7-13H2,1H3,(H,20,22)/t15-/m0/s1. The molecular formula is C19H28N2O3. The number of ether oxygens (including phenoxy) is 2. The molecule has 1 aromatic rings. The summed E-state index contributed by atoms with van der Waals surface area (Å²) in [5.41, 5.74) is 1.88. The van der Waals surface area contributed by atoms with Gasteiger partial charge in [-0.2, -0.15) is 0 Å². The van der Waals surface area contributed by atoms with Crippen molar-refractivity contribution < 1.29 is 14.3 Å². The molecule has 5 heteroatoms. The number of hydrogen-bond donors (Lipinski definition) is 1. The van der Waals surface area contributed by atoms with Crippen LogP contribution in [0.1, 0.15) is 42.1 Å². The number of amides is 1. The van der Waals surface area contributed by atoms with Crippen molar-refractivity contribution in [2.24, 2.45) is 0 Å². The number of hydrogen-bond acceptors (Lipinski definition) is 4. The van der Waals surface area contributed by atoms with Gasteiger partial charge >= 0.3 is 0 Å². The highest BCUT2D eigenvalue weighted by Gasteiger charge is 2.20. The fourth-order valence-electron chi connectivity index (χ4n) is 3.33. The number of benzene rings is 1. The van der Waals surface area contributed by atoms with Gasteiger partial charge in [-0.1, -0.05) is 6.42 Å². The van der Waals surface area contributed by atoms with Gasteiger partial charge in [-0.25, -0.2) is 0 Å². The van der Waals surface area contributed by atoms with Crippen molar-refractivity contribution in [1.82, 2.24) is 10.2 Å². The maximum Gasteiger partial charge on any atom is 0.251 e. The second-order valence-electron chi connectivity index (χ2n) is 6.73. The highest BCUT2D eigenvalue weighted by Crippen LogP contribution is 2.29. The number of fused-ring (bicyclic) bond motifs is 1. The zero-order valence-corrected chi connectivity index (χ0v) is 14.6. The van der Waals surface area contributed by atoms with E-state index in [0.29, 0.717) is 0 Å². The third-order valence-electron chi connectivity index (χ3n) is 4.70. The molecule has 2 aliphatic heterocycles. The van der Waals surface area contributed by atoms with Crippen molar-refractivity contribution in [3.05, 3.63) is 29.3 Å². The van der Waals surface area contributed by atoms with Crippen LogP contribution in [-0.4, -0.2) is 56.3 Å². The van der Waals surface area contributed by atoms with E-state index in [4.69, 9.17) is 9.47 Å². The van der Waals surface area contributed by atoms with Crippen molar-refractivity contribution in [3.63, 3.8) is 0 Å². The molecule has 1 aromatic carbocycles. The lowest BCUT2D eigenvalue weighted by Gasteiger charge is -2.26. The average molecular weight is 332 g/mol. The largest absolute Gasteiger partial charge is 0.490 e. The minimum absolute atomic E-state index is 0.0190. The van der Waals surface area contributed by atoms with E-state index >= 15 is 0 Å². The van der Waals surface area contributed by atoms with Gasteiger partial charge in [0.2, 0.25) is 0 Å². The van der Waals surface area contributed by atoms with Gasteiger partial charge in [0, 0.05) is 31.6 Å². The van der Waals surface area contributed by atoms with Crippen LogP contribution in [0.4, 0.5) is 0 Å². The Hall–Kier alpha value is -1.59. The Morgan fingerprint density at radius 3 is 2.92 bits per heavy atom. The number of rotatable bonds is 7. The van der Waals surface area contributed by atoms with Crippen molar-refractivity contribution in [2.45, 2.75) is 38.7 Å². The summed E-state index contributed by atoms with van der Waals surface area (Å²) >= 11 is 0. The number of carbonyl (C=O) groups excluding carboxylic acids is 1. The quantitative estimate of drug-likeness (QED) is 0.778. The number of nitrogens with zero attached hydrogens (tertiary/aromatic N) is 1. The van der Waals surface area contributed by atoms with Crippen LogP contribution in [-0.2, 0) is 11.2 Å². The van der Waals surface area contributed by atoms with Crippen LogP contribution in [0, 0.1) is 0 Å². The van der Waals surface area contributed by atoms with Crippen LogP contribution in [0.5, 0.6) is 5.75 Å². The van der Waals surface area contributed by atoms with E-state index in [1.54, 1.807) is 0 Å². The summed E-state index contributed by atoms with van der Waals surface area (Å²) in [6.45, 7) is 7.76. The van der Waals surface area contributed by atoms with E-state index < -0.39 is 0 Å². The summed E-state index contributed by atoms with van der Waals surface area (Å²) in [6, 6.07) is 5.73. The molecule has 1 saturated heterocycles. The molecule has 5 nitrogen and oxygen atoms in total. The molecule has 0 unspecified atom stereocenters. The first kappa shape index (κ1) is 17.2. The SMILES string of the molecule is C[C@H]1Cc2cc(C(=O)NCCCCCN3CCOCC3)ccc2O1. The molecule has 2 aliphatic rings. The van der Waals surface area contributed by atoms with Gasteiger partial charge in [0.15, 0.2) is 0 Å². The minimum Gasteiger partial charge on any atom is -0.490 e. The maximum absolute atomic E-state index is 12.2. The summed E-state index contributed by atoms with van der Waals surface area (Å²) in [5.74, 6) is 0.938. The first-order chi connectivity index (χ1) is 11.7. The average Bonchev–Trinajstić information content (AvgIpc) is 2.97. The van der Waals surface area contributed by atoms with E-state index in [1.165, 1.54) is 6.42 Å². The molecule has 1 fully saturated rings. The lowest BCUT2D eigenvalue weighted by atomic mass is 10.1. The molecule has 0 bridgehead atoms. The molecule has 1 atom stereocenters. The lowest BCUT2D eigenvalue weighted by molar-refractivity contribution is 0.0371. The highest BCUT2D eigenvalue weighted by atomic mass is 16.5. The van der Waals surface area contributed by atoms with Crippen molar-refractivity contribution in [2.75, 3.05) is 39.4 Å². The van der Waals surface area contributed by atoms with Gasteiger partial charge in [-0.05, 0) is 50.1 Å². The molecule has 0 aliphatic carbocycles. The summed E-state index contributed by atoms with van der Waals surface area (Å²) < 4.78 is 11.0. The van der Waals surface area contributed by atoms with Crippen LogP contribution in [0.3, 0.4) is 0 Å². The van der Waals surface area contributed by atoms with Crippen LogP contribution in [0.2, 0.25) is 0 Å². The first-order valence-corrected chi connectivity index (χ1v) is 9.10. The predicted molar refractivity (Wildman–Crippen MR) is 93.7 cm³/mol. The summed E-state index contributed by atoms with van der Waals surface area (Å²) in [5, 5.41) is 3.03. The number of carbonyl (C=O) groups is 1. The molecule has 1 amide bonds. The molecule has 3 rings (SSSR count). The fraction of sp³-hybridized carbons (Fsp3) is 0.632. The summed E-state index contributed by atoms with van der Waals surface area (Å²) in [4.78, 5) is 14.7. The number of unbranched alkanes of at least 4 members (excludes halogenated alkanes) is 2. The van der Waals surface area contributed by atoms with Crippen LogP contribution in [0.25, 0.3) is 0 Å². The van der Waals surface area contributed by atoms with Gasteiger partial charge in [-0.3, -0.25) is 9.69 Å². The Kier molecular flexibility index (Phi) is 6.10. The monoisotopic (exact) mass is 332 g/mol. The lowest BCUT2D eigenvalue weighted by Crippen LogP contribution is -2.36. The molecule has 0 aromatic heterocycles. The van der Waals surface area contributed by atoms with Gasteiger partial charge in [0.1, 0.15) is 11.9 Å². The third-order valence-corrected chi connectivity index (χ3v) is 4.70. The fourth-order valence-corrected chi connectivity index (χ4v) is 3.33. The van der Waals surface area contributed by atoms with Gasteiger partial charge in [-0.15, -0.1) is 0 Å². The molecule has 1 N–H and O–H groups in total. The molecule has 0 saturated carbocycles. The minimum atomic E-state index is 0.0190. The van der Waals surface area contributed by atoms with Crippen LogP contribution in [0.15, 0.2) is 18.2 Å². The second kappa shape index (κ2) is 8.49. The zero-order chi connectivity index (χ0) is 16.8. The van der Waals surface area contributed by atoms with Crippen molar-refractivity contribution in [1.29, 1.82) is 0 Å². The zero-order valence-electron chi connectivity index (χ0n) is 14.6.